The molecule has 1 fully saturated rings. The summed E-state index contributed by atoms with van der Waals surface area (Å²) in [6.07, 6.45) is 1.15. The quantitative estimate of drug-likeness (QED) is 0.764. The number of carbonyl (C=O) groups is 2. The highest BCUT2D eigenvalue weighted by molar-refractivity contribution is 5.82. The van der Waals surface area contributed by atoms with Crippen LogP contribution in [-0.4, -0.2) is 53.8 Å². The molecule has 0 aromatic heterocycles. The molecule has 1 heterocycles. The molecule has 2 N–H and O–H groups in total. The lowest BCUT2D eigenvalue weighted by Crippen LogP contribution is -2.49. The number of amides is 2. The molecule has 0 aromatic rings. The van der Waals surface area contributed by atoms with Gasteiger partial charge in [-0.3, -0.25) is 0 Å². The Labute approximate surface area is 101 Å². The topological polar surface area (TPSA) is 78.9 Å². The summed E-state index contributed by atoms with van der Waals surface area (Å²) in [7, 11) is 0. The molecule has 1 rings (SSSR count). The Bertz CT molecular complexity index is 283. The molecule has 6 nitrogen and oxygen atoms in total. The van der Waals surface area contributed by atoms with Gasteiger partial charge in [0.2, 0.25) is 0 Å². The van der Waals surface area contributed by atoms with Crippen LogP contribution in [0.5, 0.6) is 0 Å². The molecule has 1 aliphatic rings. The third-order valence-corrected chi connectivity index (χ3v) is 2.74. The van der Waals surface area contributed by atoms with E-state index < -0.39 is 12.0 Å². The second-order valence-electron chi connectivity index (χ2n) is 4.23. The first-order valence-corrected chi connectivity index (χ1v) is 5.94. The third-order valence-electron chi connectivity index (χ3n) is 2.74. The minimum atomic E-state index is -1.00. The number of carbonyl (C=O) groups excluding carboxylic acids is 1. The van der Waals surface area contributed by atoms with E-state index in [0.29, 0.717) is 26.1 Å². The van der Waals surface area contributed by atoms with Crippen molar-refractivity contribution < 1.29 is 19.4 Å². The molecule has 6 heteroatoms. The summed E-state index contributed by atoms with van der Waals surface area (Å²) in [6, 6.07) is -1.14. The average molecular weight is 244 g/mol. The highest BCUT2D eigenvalue weighted by Crippen LogP contribution is 2.06. The normalized spacial score (nSPS) is 22.7. The van der Waals surface area contributed by atoms with Crippen LogP contribution in [0.25, 0.3) is 0 Å². The van der Waals surface area contributed by atoms with Crippen LogP contribution in [0.2, 0.25) is 0 Å². The van der Waals surface area contributed by atoms with Crippen LogP contribution in [0.15, 0.2) is 0 Å². The molecular weight excluding hydrogens is 224 g/mol. The van der Waals surface area contributed by atoms with Crippen molar-refractivity contribution >= 4 is 12.0 Å². The van der Waals surface area contributed by atoms with Gasteiger partial charge in [0.15, 0.2) is 0 Å². The van der Waals surface area contributed by atoms with E-state index in [1.807, 2.05) is 6.92 Å². The molecule has 0 radical (unpaired) electrons. The zero-order valence-corrected chi connectivity index (χ0v) is 10.3. The number of rotatable bonds is 3. The minimum absolute atomic E-state index is 0.00634. The summed E-state index contributed by atoms with van der Waals surface area (Å²) >= 11 is 0. The summed E-state index contributed by atoms with van der Waals surface area (Å²) in [4.78, 5) is 24.3. The lowest BCUT2D eigenvalue weighted by Gasteiger charge is -2.24. The summed E-state index contributed by atoms with van der Waals surface area (Å²) in [6.45, 7) is 5.38. The van der Waals surface area contributed by atoms with Crippen molar-refractivity contribution in [3.8, 4) is 0 Å². The van der Waals surface area contributed by atoms with Crippen molar-refractivity contribution in [2.75, 3.05) is 19.7 Å². The Kier molecular flexibility index (Phi) is 5.21. The number of hydrogen-bond donors (Lipinski definition) is 2. The number of ether oxygens (including phenoxy) is 1. The number of carboxylic acid groups (broad SMARTS) is 1. The Morgan fingerprint density at radius 2 is 2.29 bits per heavy atom. The smallest absolute Gasteiger partial charge is 0.326 e. The minimum Gasteiger partial charge on any atom is -0.480 e. The first-order chi connectivity index (χ1) is 8.04. The third kappa shape index (κ3) is 4.22. The maximum Gasteiger partial charge on any atom is 0.326 e. The van der Waals surface area contributed by atoms with E-state index in [9.17, 15) is 9.59 Å². The maximum atomic E-state index is 11.9. The highest BCUT2D eigenvalue weighted by atomic mass is 16.5. The fourth-order valence-corrected chi connectivity index (χ4v) is 1.76. The van der Waals surface area contributed by atoms with Gasteiger partial charge in [-0.05, 0) is 19.8 Å². The number of hydrogen-bond acceptors (Lipinski definition) is 3. The summed E-state index contributed by atoms with van der Waals surface area (Å²) in [5, 5.41) is 11.4. The lowest BCUT2D eigenvalue weighted by molar-refractivity contribution is -0.139. The van der Waals surface area contributed by atoms with Gasteiger partial charge in [-0.15, -0.1) is 0 Å². The standard InChI is InChI=1S/C11H20N2O4/c1-3-9(10(14)15)12-11(16)13-5-4-6-17-8(2)7-13/h8-9H,3-7H2,1-2H3,(H,12,16)(H,14,15). The molecule has 0 saturated carbocycles. The van der Waals surface area contributed by atoms with Crippen LogP contribution in [0.3, 0.4) is 0 Å². The number of nitrogens with one attached hydrogen (secondary N) is 1. The van der Waals surface area contributed by atoms with Gasteiger partial charge in [-0.25, -0.2) is 9.59 Å². The Balaban J connectivity index is 2.53. The van der Waals surface area contributed by atoms with E-state index >= 15 is 0 Å². The fraction of sp³-hybridized carbons (Fsp3) is 0.818. The molecule has 17 heavy (non-hydrogen) atoms. The fourth-order valence-electron chi connectivity index (χ4n) is 1.76. The second kappa shape index (κ2) is 6.44. The largest absolute Gasteiger partial charge is 0.480 e. The number of nitrogens with zero attached hydrogens (tertiary/aromatic N) is 1. The Morgan fingerprint density at radius 1 is 1.59 bits per heavy atom. The summed E-state index contributed by atoms with van der Waals surface area (Å²) < 4.78 is 5.42. The SMILES string of the molecule is CCC(NC(=O)N1CCCOC(C)C1)C(=O)O. The van der Waals surface area contributed by atoms with Crippen LogP contribution < -0.4 is 5.32 Å². The maximum absolute atomic E-state index is 11.9. The molecule has 0 aromatic carbocycles. The summed E-state index contributed by atoms with van der Waals surface area (Å²) in [5.41, 5.74) is 0. The van der Waals surface area contributed by atoms with Crippen molar-refractivity contribution in [3.63, 3.8) is 0 Å². The molecule has 2 atom stereocenters. The van der Waals surface area contributed by atoms with Gasteiger partial charge in [0.25, 0.3) is 0 Å². The predicted molar refractivity (Wildman–Crippen MR) is 61.9 cm³/mol. The predicted octanol–water partition coefficient (Wildman–Crippen LogP) is 0.670. The molecule has 0 aliphatic carbocycles. The first-order valence-electron chi connectivity index (χ1n) is 5.94. The molecule has 0 spiro atoms. The van der Waals surface area contributed by atoms with Crippen LogP contribution in [0.4, 0.5) is 4.79 Å². The second-order valence-corrected chi connectivity index (χ2v) is 4.23. The van der Waals surface area contributed by atoms with E-state index in [2.05, 4.69) is 5.32 Å². The average Bonchev–Trinajstić information content (AvgIpc) is 2.50. The van der Waals surface area contributed by atoms with E-state index in [4.69, 9.17) is 9.84 Å². The highest BCUT2D eigenvalue weighted by Gasteiger charge is 2.24. The lowest BCUT2D eigenvalue weighted by atomic mass is 10.2. The molecule has 2 amide bonds. The van der Waals surface area contributed by atoms with Gasteiger partial charge in [-0.2, -0.15) is 0 Å². The van der Waals surface area contributed by atoms with Crippen molar-refractivity contribution in [3.05, 3.63) is 0 Å². The molecule has 1 aliphatic heterocycles. The number of carboxylic acids is 1. The molecule has 1 saturated heterocycles. The number of urea groups is 1. The van der Waals surface area contributed by atoms with Gasteiger partial charge in [0, 0.05) is 19.7 Å². The van der Waals surface area contributed by atoms with E-state index in [1.54, 1.807) is 11.8 Å². The van der Waals surface area contributed by atoms with Gasteiger partial charge < -0.3 is 20.1 Å². The summed E-state index contributed by atoms with van der Waals surface area (Å²) in [5.74, 6) is -1.00. The Hall–Kier alpha value is -1.30. The molecule has 0 bridgehead atoms. The van der Waals surface area contributed by atoms with Crippen molar-refractivity contribution in [1.29, 1.82) is 0 Å². The van der Waals surface area contributed by atoms with E-state index in [1.165, 1.54) is 0 Å². The van der Waals surface area contributed by atoms with E-state index in [0.717, 1.165) is 6.42 Å². The molecule has 2 unspecified atom stereocenters. The monoisotopic (exact) mass is 244 g/mol. The van der Waals surface area contributed by atoms with Crippen molar-refractivity contribution in [2.24, 2.45) is 0 Å². The van der Waals surface area contributed by atoms with Crippen LogP contribution in [0, 0.1) is 0 Å². The van der Waals surface area contributed by atoms with Crippen molar-refractivity contribution in [2.45, 2.75) is 38.8 Å². The van der Waals surface area contributed by atoms with Gasteiger partial charge >= 0.3 is 12.0 Å². The molecular formula is C11H20N2O4. The van der Waals surface area contributed by atoms with Crippen LogP contribution in [0.1, 0.15) is 26.7 Å². The Morgan fingerprint density at radius 3 is 2.88 bits per heavy atom. The van der Waals surface area contributed by atoms with Gasteiger partial charge in [0.1, 0.15) is 6.04 Å². The zero-order chi connectivity index (χ0) is 12.8. The van der Waals surface area contributed by atoms with Gasteiger partial charge in [0.05, 0.1) is 6.10 Å². The first kappa shape index (κ1) is 13.8. The van der Waals surface area contributed by atoms with Crippen LogP contribution in [-0.2, 0) is 9.53 Å². The van der Waals surface area contributed by atoms with E-state index in [-0.39, 0.29) is 12.1 Å². The molecule has 98 valence electrons. The zero-order valence-electron chi connectivity index (χ0n) is 10.3. The number of aliphatic carboxylic acids is 1. The van der Waals surface area contributed by atoms with Gasteiger partial charge in [-0.1, -0.05) is 6.92 Å². The van der Waals surface area contributed by atoms with Crippen LogP contribution >= 0.6 is 0 Å². The van der Waals surface area contributed by atoms with Crippen molar-refractivity contribution in [1.82, 2.24) is 10.2 Å².